The van der Waals surface area contributed by atoms with Crippen LogP contribution in [0.25, 0.3) is 16.7 Å². The van der Waals surface area contributed by atoms with Gasteiger partial charge < -0.3 is 5.73 Å². The van der Waals surface area contributed by atoms with E-state index < -0.39 is 0 Å². The van der Waals surface area contributed by atoms with E-state index in [1.807, 2.05) is 18.5 Å². The van der Waals surface area contributed by atoms with Crippen molar-refractivity contribution in [2.75, 3.05) is 0 Å². The molecule has 3 heteroatoms. The molecule has 1 atom stereocenters. The van der Waals surface area contributed by atoms with Gasteiger partial charge in [0.05, 0.1) is 16.7 Å². The average Bonchev–Trinajstić information content (AvgIpc) is 2.89. The number of aryl methyl sites for hydroxylation is 2. The molecule has 3 rings (SSSR count). The van der Waals surface area contributed by atoms with Crippen molar-refractivity contribution in [3.63, 3.8) is 0 Å². The van der Waals surface area contributed by atoms with Crippen LogP contribution in [0.1, 0.15) is 36.1 Å². The molecule has 0 spiro atoms. The molecule has 108 valence electrons. The number of fused-ring (bicyclic) bond motifs is 1. The maximum atomic E-state index is 6.27. The zero-order valence-corrected chi connectivity index (χ0v) is 12.8. The van der Waals surface area contributed by atoms with Crippen LogP contribution in [0.5, 0.6) is 0 Å². The van der Waals surface area contributed by atoms with Crippen molar-refractivity contribution in [3.05, 3.63) is 59.4 Å². The van der Waals surface area contributed by atoms with Crippen LogP contribution < -0.4 is 5.73 Å². The fraction of sp³-hybridized carbons (Fsp3) is 0.278. The molecule has 0 amide bonds. The first-order chi connectivity index (χ1) is 10.1. The predicted molar refractivity (Wildman–Crippen MR) is 87.8 cm³/mol. The Balaban J connectivity index is 2.24. The van der Waals surface area contributed by atoms with Crippen LogP contribution in [0.15, 0.2) is 42.7 Å². The summed E-state index contributed by atoms with van der Waals surface area (Å²) in [5, 5.41) is 0. The van der Waals surface area contributed by atoms with E-state index in [-0.39, 0.29) is 6.04 Å². The van der Waals surface area contributed by atoms with Gasteiger partial charge in [0.2, 0.25) is 0 Å². The van der Waals surface area contributed by atoms with Crippen molar-refractivity contribution in [2.24, 2.45) is 5.73 Å². The largest absolute Gasteiger partial charge is 0.324 e. The molecule has 3 nitrogen and oxygen atoms in total. The summed E-state index contributed by atoms with van der Waals surface area (Å²) in [6.07, 6.45) is 2.81. The van der Waals surface area contributed by atoms with E-state index in [4.69, 9.17) is 5.73 Å². The second-order valence-corrected chi connectivity index (χ2v) is 5.61. The number of imidazole rings is 1. The molecule has 2 N–H and O–H groups in total. The van der Waals surface area contributed by atoms with Gasteiger partial charge in [0.15, 0.2) is 0 Å². The molecule has 2 aromatic carbocycles. The summed E-state index contributed by atoms with van der Waals surface area (Å²) in [6.45, 7) is 6.37. The molecule has 0 fully saturated rings. The Morgan fingerprint density at radius 3 is 2.62 bits per heavy atom. The Morgan fingerprint density at radius 2 is 1.86 bits per heavy atom. The van der Waals surface area contributed by atoms with Gasteiger partial charge in [-0.3, -0.25) is 4.57 Å². The second-order valence-electron chi connectivity index (χ2n) is 5.61. The number of nitrogens with zero attached hydrogens (tertiary/aromatic N) is 2. The Kier molecular flexibility index (Phi) is 3.52. The Hall–Kier alpha value is -2.13. The van der Waals surface area contributed by atoms with E-state index in [0.717, 1.165) is 28.7 Å². The lowest BCUT2D eigenvalue weighted by atomic mass is 10.0. The summed E-state index contributed by atoms with van der Waals surface area (Å²) in [5.41, 5.74) is 13.3. The van der Waals surface area contributed by atoms with Crippen LogP contribution in [0.4, 0.5) is 0 Å². The maximum Gasteiger partial charge on any atom is 0.100 e. The second kappa shape index (κ2) is 5.34. The van der Waals surface area contributed by atoms with Crippen molar-refractivity contribution in [3.8, 4) is 5.69 Å². The van der Waals surface area contributed by atoms with Gasteiger partial charge in [-0.05, 0) is 55.2 Å². The minimum Gasteiger partial charge on any atom is -0.324 e. The zero-order valence-electron chi connectivity index (χ0n) is 12.8. The molecule has 0 bridgehead atoms. The van der Waals surface area contributed by atoms with Gasteiger partial charge in [-0.15, -0.1) is 0 Å². The quantitative estimate of drug-likeness (QED) is 0.786. The minimum absolute atomic E-state index is 0.0465. The number of para-hydroxylation sites is 1. The summed E-state index contributed by atoms with van der Waals surface area (Å²) in [4.78, 5) is 4.55. The highest BCUT2D eigenvalue weighted by Crippen LogP contribution is 2.27. The molecule has 0 saturated heterocycles. The van der Waals surface area contributed by atoms with Crippen LogP contribution in [-0.4, -0.2) is 9.55 Å². The molecular formula is C18H21N3. The Morgan fingerprint density at radius 1 is 1.14 bits per heavy atom. The first-order valence-electron chi connectivity index (χ1n) is 7.41. The first-order valence-corrected chi connectivity index (χ1v) is 7.41. The van der Waals surface area contributed by atoms with Crippen LogP contribution in [0.2, 0.25) is 0 Å². The number of nitrogens with two attached hydrogens (primary N) is 1. The van der Waals surface area contributed by atoms with E-state index in [1.165, 1.54) is 11.1 Å². The fourth-order valence-corrected chi connectivity index (χ4v) is 2.70. The highest BCUT2D eigenvalue weighted by atomic mass is 15.1. The SMILES string of the molecule is CCC(N)c1ccccc1-n1cnc2cc(C)c(C)cc21. The van der Waals surface area contributed by atoms with Gasteiger partial charge in [0.1, 0.15) is 6.33 Å². The number of aromatic nitrogens is 2. The summed E-state index contributed by atoms with van der Waals surface area (Å²) in [7, 11) is 0. The number of hydrogen-bond acceptors (Lipinski definition) is 2. The molecule has 1 heterocycles. The van der Waals surface area contributed by atoms with E-state index in [9.17, 15) is 0 Å². The molecule has 0 saturated carbocycles. The van der Waals surface area contributed by atoms with Crippen molar-refractivity contribution < 1.29 is 0 Å². The normalized spacial score (nSPS) is 12.8. The van der Waals surface area contributed by atoms with Gasteiger partial charge in [0, 0.05) is 6.04 Å². The number of benzene rings is 2. The monoisotopic (exact) mass is 279 g/mol. The number of hydrogen-bond donors (Lipinski definition) is 1. The first kappa shape index (κ1) is 13.8. The van der Waals surface area contributed by atoms with E-state index in [0.29, 0.717) is 0 Å². The third-order valence-electron chi connectivity index (χ3n) is 4.20. The Bertz CT molecular complexity index is 786. The topological polar surface area (TPSA) is 43.8 Å². The van der Waals surface area contributed by atoms with Crippen molar-refractivity contribution in [2.45, 2.75) is 33.2 Å². The zero-order chi connectivity index (χ0) is 15.0. The van der Waals surface area contributed by atoms with Crippen LogP contribution >= 0.6 is 0 Å². The molecule has 3 aromatic rings. The fourth-order valence-electron chi connectivity index (χ4n) is 2.70. The van der Waals surface area contributed by atoms with Crippen molar-refractivity contribution in [1.29, 1.82) is 0 Å². The molecule has 0 aliphatic heterocycles. The van der Waals surface area contributed by atoms with Gasteiger partial charge in [-0.25, -0.2) is 4.98 Å². The standard InChI is InChI=1S/C18H21N3/c1-4-15(19)14-7-5-6-8-17(14)21-11-20-16-9-12(2)13(3)10-18(16)21/h5-11,15H,4,19H2,1-3H3. The van der Waals surface area contributed by atoms with Crippen molar-refractivity contribution in [1.82, 2.24) is 9.55 Å². The van der Waals surface area contributed by atoms with E-state index in [1.54, 1.807) is 0 Å². The average molecular weight is 279 g/mol. The highest BCUT2D eigenvalue weighted by molar-refractivity contribution is 5.79. The lowest BCUT2D eigenvalue weighted by molar-refractivity contribution is 0.693. The van der Waals surface area contributed by atoms with Gasteiger partial charge >= 0.3 is 0 Å². The summed E-state index contributed by atoms with van der Waals surface area (Å²) >= 11 is 0. The van der Waals surface area contributed by atoms with Crippen molar-refractivity contribution >= 4 is 11.0 Å². The number of rotatable bonds is 3. The summed E-state index contributed by atoms with van der Waals surface area (Å²) in [6, 6.07) is 12.7. The van der Waals surface area contributed by atoms with E-state index >= 15 is 0 Å². The molecule has 1 unspecified atom stereocenters. The maximum absolute atomic E-state index is 6.27. The summed E-state index contributed by atoms with van der Waals surface area (Å²) < 4.78 is 2.15. The van der Waals surface area contributed by atoms with Crippen LogP contribution in [0, 0.1) is 13.8 Å². The lowest BCUT2D eigenvalue weighted by Gasteiger charge is -2.16. The molecule has 0 aliphatic rings. The molecule has 21 heavy (non-hydrogen) atoms. The molecular weight excluding hydrogens is 258 g/mol. The predicted octanol–water partition coefficient (Wildman–Crippen LogP) is 4.05. The minimum atomic E-state index is 0.0465. The van der Waals surface area contributed by atoms with Crippen LogP contribution in [-0.2, 0) is 0 Å². The smallest absolute Gasteiger partial charge is 0.100 e. The third kappa shape index (κ3) is 2.34. The third-order valence-corrected chi connectivity index (χ3v) is 4.20. The van der Waals surface area contributed by atoms with Gasteiger partial charge in [0.25, 0.3) is 0 Å². The Labute approximate surface area is 125 Å². The lowest BCUT2D eigenvalue weighted by Crippen LogP contribution is -2.12. The van der Waals surface area contributed by atoms with Gasteiger partial charge in [-0.2, -0.15) is 0 Å². The highest BCUT2D eigenvalue weighted by Gasteiger charge is 2.13. The van der Waals surface area contributed by atoms with E-state index in [2.05, 4.69) is 54.6 Å². The molecule has 0 aliphatic carbocycles. The van der Waals surface area contributed by atoms with Crippen LogP contribution in [0.3, 0.4) is 0 Å². The molecule has 0 radical (unpaired) electrons. The van der Waals surface area contributed by atoms with Gasteiger partial charge in [-0.1, -0.05) is 25.1 Å². The molecule has 1 aromatic heterocycles. The summed E-state index contributed by atoms with van der Waals surface area (Å²) in [5.74, 6) is 0.